The zero-order chi connectivity index (χ0) is 13.9. The molecule has 0 spiro atoms. The second kappa shape index (κ2) is 5.74. The average molecular weight is 264 g/mol. The van der Waals surface area contributed by atoms with Crippen LogP contribution in [-0.2, 0) is 0 Å². The van der Waals surface area contributed by atoms with Gasteiger partial charge in [0.15, 0.2) is 0 Å². The molecule has 5 nitrogen and oxygen atoms in total. The van der Waals surface area contributed by atoms with Gasteiger partial charge in [-0.3, -0.25) is 0 Å². The number of aliphatic hydroxyl groups excluding tert-OH is 1. The molecule has 1 aromatic rings. The van der Waals surface area contributed by atoms with Crippen LogP contribution in [0.5, 0.6) is 0 Å². The molecule has 1 unspecified atom stereocenters. The highest BCUT2D eigenvalue weighted by Crippen LogP contribution is 2.23. The maximum atomic E-state index is 9.19. The van der Waals surface area contributed by atoms with Gasteiger partial charge in [-0.15, -0.1) is 0 Å². The van der Waals surface area contributed by atoms with Crippen molar-refractivity contribution in [2.75, 3.05) is 36.5 Å². The van der Waals surface area contributed by atoms with Crippen LogP contribution >= 0.6 is 0 Å². The van der Waals surface area contributed by atoms with Crippen LogP contribution in [0.2, 0.25) is 0 Å². The number of aromatic nitrogens is 2. The predicted molar refractivity (Wildman–Crippen MR) is 77.4 cm³/mol. The molecule has 1 saturated heterocycles. The van der Waals surface area contributed by atoms with Gasteiger partial charge in [-0.1, -0.05) is 20.8 Å². The van der Waals surface area contributed by atoms with Crippen molar-refractivity contribution in [3.8, 4) is 0 Å². The first-order valence-electron chi connectivity index (χ1n) is 6.90. The van der Waals surface area contributed by atoms with Gasteiger partial charge in [0.1, 0.15) is 18.0 Å². The third kappa shape index (κ3) is 4.06. The van der Waals surface area contributed by atoms with E-state index >= 15 is 0 Å². The molecule has 1 atom stereocenters. The average Bonchev–Trinajstić information content (AvgIpc) is 2.85. The molecule has 1 aliphatic heterocycles. The Morgan fingerprint density at radius 3 is 2.84 bits per heavy atom. The van der Waals surface area contributed by atoms with Crippen LogP contribution in [0.1, 0.15) is 27.2 Å². The molecule has 2 N–H and O–H groups in total. The highest BCUT2D eigenvalue weighted by molar-refractivity contribution is 5.49. The summed E-state index contributed by atoms with van der Waals surface area (Å²) in [7, 11) is 0. The molecule has 2 rings (SSSR count). The number of anilines is 2. The Hall–Kier alpha value is -1.36. The Labute approximate surface area is 115 Å². The predicted octanol–water partition coefficient (Wildman–Crippen LogP) is 1.75. The van der Waals surface area contributed by atoms with Crippen molar-refractivity contribution in [3.05, 3.63) is 12.4 Å². The first-order chi connectivity index (χ1) is 8.98. The van der Waals surface area contributed by atoms with Crippen LogP contribution in [0.25, 0.3) is 0 Å². The molecular formula is C14H24N4O. The number of aliphatic hydroxyl groups is 1. The van der Waals surface area contributed by atoms with Gasteiger partial charge in [-0.25, -0.2) is 9.97 Å². The number of rotatable bonds is 4. The van der Waals surface area contributed by atoms with Crippen LogP contribution in [0.15, 0.2) is 12.4 Å². The quantitative estimate of drug-likeness (QED) is 0.867. The summed E-state index contributed by atoms with van der Waals surface area (Å²) in [6.45, 7) is 9.55. The highest BCUT2D eigenvalue weighted by Gasteiger charge is 2.23. The third-order valence-corrected chi connectivity index (χ3v) is 3.32. The Morgan fingerprint density at radius 2 is 2.21 bits per heavy atom. The van der Waals surface area contributed by atoms with E-state index < -0.39 is 0 Å². The fraction of sp³-hybridized carbons (Fsp3) is 0.714. The van der Waals surface area contributed by atoms with Crippen LogP contribution in [0.4, 0.5) is 11.6 Å². The van der Waals surface area contributed by atoms with E-state index in [-0.39, 0.29) is 12.0 Å². The van der Waals surface area contributed by atoms with Crippen molar-refractivity contribution in [2.45, 2.75) is 27.2 Å². The van der Waals surface area contributed by atoms with Crippen molar-refractivity contribution < 1.29 is 5.11 Å². The molecule has 0 aliphatic carbocycles. The lowest BCUT2D eigenvalue weighted by molar-refractivity contribution is 0.238. The number of nitrogens with zero attached hydrogens (tertiary/aromatic N) is 3. The van der Waals surface area contributed by atoms with Gasteiger partial charge in [0.2, 0.25) is 0 Å². The van der Waals surface area contributed by atoms with Gasteiger partial charge in [0, 0.05) is 38.2 Å². The third-order valence-electron chi connectivity index (χ3n) is 3.32. The molecule has 1 aromatic heterocycles. The monoisotopic (exact) mass is 264 g/mol. The van der Waals surface area contributed by atoms with E-state index in [0.29, 0.717) is 5.92 Å². The smallest absolute Gasteiger partial charge is 0.134 e. The van der Waals surface area contributed by atoms with Crippen LogP contribution in [-0.4, -0.2) is 41.3 Å². The molecule has 5 heteroatoms. The second-order valence-electron chi connectivity index (χ2n) is 6.46. The summed E-state index contributed by atoms with van der Waals surface area (Å²) in [5.41, 5.74) is 0.223. The lowest BCUT2D eigenvalue weighted by atomic mass is 9.97. The molecule has 106 valence electrons. The van der Waals surface area contributed by atoms with Crippen molar-refractivity contribution in [3.63, 3.8) is 0 Å². The second-order valence-corrected chi connectivity index (χ2v) is 6.46. The Bertz CT molecular complexity index is 416. The van der Waals surface area contributed by atoms with E-state index in [2.05, 4.69) is 41.0 Å². The lowest BCUT2D eigenvalue weighted by Crippen LogP contribution is -2.23. The molecule has 19 heavy (non-hydrogen) atoms. The van der Waals surface area contributed by atoms with E-state index in [1.165, 1.54) is 0 Å². The topological polar surface area (TPSA) is 61.3 Å². The maximum absolute atomic E-state index is 9.19. The zero-order valence-corrected chi connectivity index (χ0v) is 12.1. The fourth-order valence-electron chi connectivity index (χ4n) is 2.16. The first-order valence-corrected chi connectivity index (χ1v) is 6.90. The molecule has 1 fully saturated rings. The van der Waals surface area contributed by atoms with E-state index in [1.807, 2.05) is 6.07 Å². The Kier molecular flexibility index (Phi) is 4.24. The van der Waals surface area contributed by atoms with Gasteiger partial charge in [-0.05, 0) is 11.8 Å². The van der Waals surface area contributed by atoms with E-state index in [0.717, 1.165) is 37.7 Å². The Balaban J connectivity index is 1.99. The largest absolute Gasteiger partial charge is 0.396 e. The van der Waals surface area contributed by atoms with Gasteiger partial charge in [0.05, 0.1) is 0 Å². The maximum Gasteiger partial charge on any atom is 0.134 e. The summed E-state index contributed by atoms with van der Waals surface area (Å²) < 4.78 is 0. The minimum atomic E-state index is 0.223. The van der Waals surface area contributed by atoms with Gasteiger partial charge >= 0.3 is 0 Å². The minimum Gasteiger partial charge on any atom is -0.396 e. The Morgan fingerprint density at radius 1 is 1.42 bits per heavy atom. The summed E-state index contributed by atoms with van der Waals surface area (Å²) in [4.78, 5) is 10.8. The number of hydrogen-bond acceptors (Lipinski definition) is 5. The summed E-state index contributed by atoms with van der Waals surface area (Å²) >= 11 is 0. The number of hydrogen-bond donors (Lipinski definition) is 2. The van der Waals surface area contributed by atoms with Crippen molar-refractivity contribution >= 4 is 11.6 Å². The molecule has 0 radical (unpaired) electrons. The zero-order valence-electron chi connectivity index (χ0n) is 12.1. The highest BCUT2D eigenvalue weighted by atomic mass is 16.3. The van der Waals surface area contributed by atoms with E-state index in [9.17, 15) is 5.11 Å². The van der Waals surface area contributed by atoms with Gasteiger partial charge in [0.25, 0.3) is 0 Å². The minimum absolute atomic E-state index is 0.223. The van der Waals surface area contributed by atoms with Crippen LogP contribution in [0, 0.1) is 11.3 Å². The van der Waals surface area contributed by atoms with E-state index in [1.54, 1.807) is 6.33 Å². The van der Waals surface area contributed by atoms with Crippen molar-refractivity contribution in [1.29, 1.82) is 0 Å². The molecule has 0 aromatic carbocycles. The number of nitrogens with one attached hydrogen (secondary N) is 1. The van der Waals surface area contributed by atoms with Crippen molar-refractivity contribution in [1.82, 2.24) is 9.97 Å². The summed E-state index contributed by atoms with van der Waals surface area (Å²) in [5.74, 6) is 2.19. The molecular weight excluding hydrogens is 240 g/mol. The standard InChI is InChI=1S/C14H24N4O/c1-14(2,3)9-15-12-6-13(17-10-16-12)18-5-4-11(7-18)8-19/h6,10-11,19H,4-5,7-9H2,1-3H3,(H,15,16,17). The van der Waals surface area contributed by atoms with Gasteiger partial charge < -0.3 is 15.3 Å². The summed E-state index contributed by atoms with van der Waals surface area (Å²) in [5, 5.41) is 12.5. The molecule has 0 amide bonds. The summed E-state index contributed by atoms with van der Waals surface area (Å²) in [6.07, 6.45) is 2.64. The molecule has 1 aliphatic rings. The first kappa shape index (κ1) is 14.1. The molecule has 0 bridgehead atoms. The van der Waals surface area contributed by atoms with Crippen LogP contribution < -0.4 is 10.2 Å². The normalized spacial score (nSPS) is 19.8. The molecule has 2 heterocycles. The van der Waals surface area contributed by atoms with Crippen LogP contribution in [0.3, 0.4) is 0 Å². The fourth-order valence-corrected chi connectivity index (χ4v) is 2.16. The van der Waals surface area contributed by atoms with Gasteiger partial charge in [-0.2, -0.15) is 0 Å². The van der Waals surface area contributed by atoms with E-state index in [4.69, 9.17) is 0 Å². The molecule has 0 saturated carbocycles. The summed E-state index contributed by atoms with van der Waals surface area (Å²) in [6, 6.07) is 1.99. The SMILES string of the molecule is CC(C)(C)CNc1cc(N2CCC(CO)C2)ncn1. The lowest BCUT2D eigenvalue weighted by Gasteiger charge is -2.21. The van der Waals surface area contributed by atoms with Crippen molar-refractivity contribution in [2.24, 2.45) is 11.3 Å².